The second-order valence-corrected chi connectivity index (χ2v) is 8.31. The van der Waals surface area contributed by atoms with Crippen molar-refractivity contribution in [3.63, 3.8) is 0 Å². The molecule has 7 nitrogen and oxygen atoms in total. The molecule has 32 heavy (non-hydrogen) atoms. The van der Waals surface area contributed by atoms with Crippen molar-refractivity contribution in [3.05, 3.63) is 76.8 Å². The highest BCUT2D eigenvalue weighted by Crippen LogP contribution is 2.27. The van der Waals surface area contributed by atoms with Crippen LogP contribution in [0, 0.1) is 0 Å². The number of benzene rings is 2. The van der Waals surface area contributed by atoms with Crippen LogP contribution in [0.4, 0.5) is 0 Å². The quantitative estimate of drug-likeness (QED) is 0.429. The average Bonchev–Trinajstić information content (AvgIpc) is 3.45. The van der Waals surface area contributed by atoms with Crippen LogP contribution >= 0.6 is 0 Å². The topological polar surface area (TPSA) is 74.8 Å². The molecule has 1 fully saturated rings. The molecule has 0 radical (unpaired) electrons. The third-order valence-electron chi connectivity index (χ3n) is 6.21. The van der Waals surface area contributed by atoms with Gasteiger partial charge in [-0.05, 0) is 37.0 Å². The molecule has 7 heteroatoms. The monoisotopic (exact) mass is 425 g/mol. The molecule has 1 saturated heterocycles. The van der Waals surface area contributed by atoms with Gasteiger partial charge in [0.2, 0.25) is 0 Å². The van der Waals surface area contributed by atoms with Crippen molar-refractivity contribution in [2.24, 2.45) is 0 Å². The maximum atomic E-state index is 13.6. The Morgan fingerprint density at radius 3 is 2.53 bits per heavy atom. The van der Waals surface area contributed by atoms with Gasteiger partial charge in [-0.3, -0.25) is 9.36 Å². The Morgan fingerprint density at radius 2 is 1.75 bits per heavy atom. The van der Waals surface area contributed by atoms with E-state index in [4.69, 9.17) is 19.7 Å². The number of aryl methyl sites for hydroxylation is 2. The lowest BCUT2D eigenvalue weighted by Gasteiger charge is -2.12. The van der Waals surface area contributed by atoms with Gasteiger partial charge in [0.05, 0.1) is 30.0 Å². The fourth-order valence-electron chi connectivity index (χ4n) is 4.56. The van der Waals surface area contributed by atoms with Crippen molar-refractivity contribution >= 4 is 33.2 Å². The second-order valence-electron chi connectivity index (χ2n) is 8.31. The van der Waals surface area contributed by atoms with Gasteiger partial charge in [0, 0.05) is 13.2 Å². The van der Waals surface area contributed by atoms with Crippen molar-refractivity contribution < 1.29 is 4.74 Å². The zero-order valence-electron chi connectivity index (χ0n) is 17.6. The van der Waals surface area contributed by atoms with E-state index in [1.165, 1.54) is 5.56 Å². The van der Waals surface area contributed by atoms with E-state index in [1.807, 2.05) is 47.0 Å². The van der Waals surface area contributed by atoms with Gasteiger partial charge in [-0.1, -0.05) is 42.5 Å². The maximum Gasteiger partial charge on any atom is 0.265 e. The minimum atomic E-state index is -0.0772. The Bertz CT molecular complexity index is 1480. The van der Waals surface area contributed by atoms with Gasteiger partial charge in [-0.15, -0.1) is 0 Å². The standard InChI is InChI=1S/C25H23N5O2/c31-25-21-22-24(28-20-11-5-4-10-19(20)27-22)30(15-18-9-6-14-32-18)23(21)26-16-29(25)13-12-17-7-2-1-3-8-17/h1-5,7-8,10-11,16,18H,6,9,12-15H2/t18-/m1/s1. The second kappa shape index (κ2) is 7.84. The highest BCUT2D eigenvalue weighted by atomic mass is 16.5. The Balaban J connectivity index is 1.52. The number of rotatable bonds is 5. The number of para-hydroxylation sites is 2. The SMILES string of the molecule is O=c1c2c3nc4ccccc4nc3n(C[C@H]3CCCO3)c2ncn1CCc1ccccc1. The molecule has 5 aromatic rings. The molecule has 0 unspecified atom stereocenters. The summed E-state index contributed by atoms with van der Waals surface area (Å²) in [4.78, 5) is 28.0. The Kier molecular flexibility index (Phi) is 4.69. The van der Waals surface area contributed by atoms with Crippen molar-refractivity contribution in [3.8, 4) is 0 Å². The highest BCUT2D eigenvalue weighted by molar-refractivity contribution is 6.04. The normalized spacial score (nSPS) is 16.4. The first-order valence-corrected chi connectivity index (χ1v) is 11.1. The van der Waals surface area contributed by atoms with Crippen LogP contribution in [0.5, 0.6) is 0 Å². The van der Waals surface area contributed by atoms with Crippen LogP contribution in [0.3, 0.4) is 0 Å². The van der Waals surface area contributed by atoms with Crippen molar-refractivity contribution in [1.82, 2.24) is 24.1 Å². The van der Waals surface area contributed by atoms with E-state index < -0.39 is 0 Å². The number of aromatic nitrogens is 5. The maximum absolute atomic E-state index is 13.6. The van der Waals surface area contributed by atoms with Crippen LogP contribution in [0.2, 0.25) is 0 Å². The average molecular weight is 425 g/mol. The van der Waals surface area contributed by atoms with Crippen LogP contribution in [0.1, 0.15) is 18.4 Å². The molecule has 0 spiro atoms. The van der Waals surface area contributed by atoms with Gasteiger partial charge in [0.15, 0.2) is 11.3 Å². The predicted octanol–water partition coefficient (Wildman–Crippen LogP) is 3.72. The fourth-order valence-corrected chi connectivity index (χ4v) is 4.56. The summed E-state index contributed by atoms with van der Waals surface area (Å²) >= 11 is 0. The van der Waals surface area contributed by atoms with Gasteiger partial charge in [-0.2, -0.15) is 0 Å². The summed E-state index contributed by atoms with van der Waals surface area (Å²) in [5.41, 5.74) is 4.63. The van der Waals surface area contributed by atoms with E-state index in [1.54, 1.807) is 10.9 Å². The van der Waals surface area contributed by atoms with Crippen LogP contribution in [0.25, 0.3) is 33.2 Å². The summed E-state index contributed by atoms with van der Waals surface area (Å²) in [5, 5.41) is 0.534. The lowest BCUT2D eigenvalue weighted by Crippen LogP contribution is -2.22. The molecule has 1 aliphatic heterocycles. The van der Waals surface area contributed by atoms with Crippen LogP contribution in [-0.4, -0.2) is 36.8 Å². The third kappa shape index (κ3) is 3.26. The first-order chi connectivity index (χ1) is 15.8. The van der Waals surface area contributed by atoms with E-state index in [2.05, 4.69) is 12.1 Å². The molecular formula is C25H23N5O2. The molecule has 0 N–H and O–H groups in total. The highest BCUT2D eigenvalue weighted by Gasteiger charge is 2.23. The summed E-state index contributed by atoms with van der Waals surface area (Å²) < 4.78 is 9.57. The molecule has 0 aliphatic carbocycles. The lowest BCUT2D eigenvalue weighted by atomic mass is 10.1. The minimum Gasteiger partial charge on any atom is -0.376 e. The van der Waals surface area contributed by atoms with Crippen LogP contribution < -0.4 is 5.56 Å². The van der Waals surface area contributed by atoms with E-state index in [0.717, 1.165) is 36.9 Å². The van der Waals surface area contributed by atoms with Gasteiger partial charge in [-0.25, -0.2) is 15.0 Å². The molecule has 4 heterocycles. The molecule has 0 amide bonds. The lowest BCUT2D eigenvalue weighted by molar-refractivity contribution is 0.0987. The van der Waals surface area contributed by atoms with Crippen molar-refractivity contribution in [1.29, 1.82) is 0 Å². The summed E-state index contributed by atoms with van der Waals surface area (Å²) in [5.74, 6) is 0. The number of ether oxygens (including phenoxy) is 1. The van der Waals surface area contributed by atoms with Crippen molar-refractivity contribution in [2.45, 2.75) is 38.5 Å². The first-order valence-electron chi connectivity index (χ1n) is 11.1. The first kappa shape index (κ1) is 19.1. The third-order valence-corrected chi connectivity index (χ3v) is 6.21. The molecule has 0 bridgehead atoms. The molecular weight excluding hydrogens is 402 g/mol. The number of hydrogen-bond donors (Lipinski definition) is 0. The molecule has 160 valence electrons. The zero-order chi connectivity index (χ0) is 21.5. The Morgan fingerprint density at radius 1 is 0.969 bits per heavy atom. The fraction of sp³-hybridized carbons (Fsp3) is 0.280. The van der Waals surface area contributed by atoms with E-state index in [-0.39, 0.29) is 11.7 Å². The molecule has 6 rings (SSSR count). The molecule has 1 atom stereocenters. The molecule has 0 saturated carbocycles. The molecule has 1 aliphatic rings. The number of nitrogens with zero attached hydrogens (tertiary/aromatic N) is 5. The minimum absolute atomic E-state index is 0.0772. The van der Waals surface area contributed by atoms with Crippen LogP contribution in [0.15, 0.2) is 65.7 Å². The summed E-state index contributed by atoms with van der Waals surface area (Å²) in [7, 11) is 0. The Labute approximate surface area is 184 Å². The van der Waals surface area contributed by atoms with Gasteiger partial charge in [0.25, 0.3) is 5.56 Å². The Hall–Kier alpha value is -3.58. The van der Waals surface area contributed by atoms with Gasteiger partial charge in [0.1, 0.15) is 10.9 Å². The summed E-state index contributed by atoms with van der Waals surface area (Å²) in [6.45, 7) is 1.95. The largest absolute Gasteiger partial charge is 0.376 e. The molecule has 3 aromatic heterocycles. The predicted molar refractivity (Wildman–Crippen MR) is 124 cm³/mol. The van der Waals surface area contributed by atoms with Crippen LogP contribution in [-0.2, 0) is 24.2 Å². The van der Waals surface area contributed by atoms with E-state index in [0.29, 0.717) is 35.3 Å². The summed E-state index contributed by atoms with van der Waals surface area (Å²) in [6.07, 6.45) is 4.56. The number of fused-ring (bicyclic) bond motifs is 4. The number of hydrogen-bond acceptors (Lipinski definition) is 5. The van der Waals surface area contributed by atoms with Crippen molar-refractivity contribution in [2.75, 3.05) is 6.61 Å². The summed E-state index contributed by atoms with van der Waals surface area (Å²) in [6, 6.07) is 17.9. The van der Waals surface area contributed by atoms with E-state index >= 15 is 0 Å². The zero-order valence-corrected chi connectivity index (χ0v) is 17.6. The van der Waals surface area contributed by atoms with E-state index in [9.17, 15) is 4.79 Å². The van der Waals surface area contributed by atoms with Gasteiger partial charge >= 0.3 is 0 Å². The van der Waals surface area contributed by atoms with Gasteiger partial charge < -0.3 is 9.30 Å². The smallest absolute Gasteiger partial charge is 0.265 e. The molecule has 2 aromatic carbocycles.